The van der Waals surface area contributed by atoms with Gasteiger partial charge < -0.3 is 5.11 Å². The number of ketones is 1. The molecule has 0 saturated heterocycles. The van der Waals surface area contributed by atoms with Gasteiger partial charge in [0.05, 0.1) is 5.60 Å². The Hall–Kier alpha value is -0.890. The molecule has 1 N–H and O–H groups in total. The van der Waals surface area contributed by atoms with E-state index in [1.165, 1.54) is 0 Å². The van der Waals surface area contributed by atoms with Gasteiger partial charge in [-0.2, -0.15) is 0 Å². The molecule has 1 aliphatic rings. The summed E-state index contributed by atoms with van der Waals surface area (Å²) in [6.45, 7) is 5.17. The lowest BCUT2D eigenvalue weighted by Gasteiger charge is -2.09. The van der Waals surface area contributed by atoms with Crippen LogP contribution >= 0.6 is 0 Å². The van der Waals surface area contributed by atoms with E-state index in [1.54, 1.807) is 19.1 Å². The molecule has 0 spiro atoms. The maximum absolute atomic E-state index is 11.1. The molecule has 2 nitrogen and oxygen atoms in total. The first-order valence-electron chi connectivity index (χ1n) is 3.63. The van der Waals surface area contributed by atoms with Crippen molar-refractivity contribution in [1.82, 2.24) is 0 Å². The van der Waals surface area contributed by atoms with E-state index >= 15 is 0 Å². The summed E-state index contributed by atoms with van der Waals surface area (Å²) < 4.78 is 0. The van der Waals surface area contributed by atoms with Crippen molar-refractivity contribution < 1.29 is 9.90 Å². The van der Waals surface area contributed by atoms with Crippen LogP contribution in [0.4, 0.5) is 0 Å². The molecule has 0 fully saturated rings. The first kappa shape index (κ1) is 8.21. The lowest BCUT2D eigenvalue weighted by molar-refractivity contribution is -0.117. The van der Waals surface area contributed by atoms with Crippen molar-refractivity contribution >= 4 is 5.78 Å². The molecule has 1 aliphatic carbocycles. The summed E-state index contributed by atoms with van der Waals surface area (Å²) in [7, 11) is 0. The van der Waals surface area contributed by atoms with E-state index in [0.29, 0.717) is 12.0 Å². The zero-order valence-corrected chi connectivity index (χ0v) is 6.63. The van der Waals surface area contributed by atoms with Gasteiger partial charge in [-0.3, -0.25) is 4.79 Å². The quantitative estimate of drug-likeness (QED) is 0.604. The van der Waals surface area contributed by atoms with Gasteiger partial charge in [0.2, 0.25) is 0 Å². The number of allylic oxidation sites excluding steroid dienone is 2. The van der Waals surface area contributed by atoms with Crippen LogP contribution in [0.3, 0.4) is 0 Å². The maximum Gasteiger partial charge on any atom is 0.162 e. The molecular weight excluding hydrogens is 140 g/mol. The highest BCUT2D eigenvalue weighted by atomic mass is 16.3. The Bertz CT molecular complexity index is 224. The lowest BCUT2D eigenvalue weighted by atomic mass is 10.1. The molecule has 1 unspecified atom stereocenters. The first-order chi connectivity index (χ1) is 5.05. The second kappa shape index (κ2) is 2.62. The first-order valence-corrected chi connectivity index (χ1v) is 3.63. The fraction of sp³-hybridized carbons (Fsp3) is 0.444. The molecule has 11 heavy (non-hydrogen) atoms. The highest BCUT2D eigenvalue weighted by Gasteiger charge is 2.30. The zero-order valence-electron chi connectivity index (χ0n) is 6.63. The van der Waals surface area contributed by atoms with Gasteiger partial charge in [-0.05, 0) is 25.0 Å². The van der Waals surface area contributed by atoms with Gasteiger partial charge in [-0.1, -0.05) is 6.08 Å². The molecule has 0 saturated carbocycles. The third-order valence-electron chi connectivity index (χ3n) is 1.73. The maximum atomic E-state index is 11.1. The van der Waals surface area contributed by atoms with Crippen LogP contribution in [0, 0.1) is 0 Å². The van der Waals surface area contributed by atoms with E-state index in [9.17, 15) is 9.90 Å². The standard InChI is InChI=1S/C9H12O2/c1-3-4-7-5-9(2,11)6-8(7)10/h3,5,11H,1,4,6H2,2H3. The number of carbonyl (C=O) groups is 1. The summed E-state index contributed by atoms with van der Waals surface area (Å²) in [5, 5.41) is 9.43. The van der Waals surface area contributed by atoms with Gasteiger partial charge in [0.15, 0.2) is 5.78 Å². The molecule has 0 aromatic heterocycles. The molecule has 60 valence electrons. The minimum atomic E-state index is -0.921. The summed E-state index contributed by atoms with van der Waals surface area (Å²) >= 11 is 0. The average molecular weight is 152 g/mol. The number of carbonyl (C=O) groups excluding carboxylic acids is 1. The van der Waals surface area contributed by atoms with Crippen LogP contribution in [-0.2, 0) is 4.79 Å². The topological polar surface area (TPSA) is 37.3 Å². The van der Waals surface area contributed by atoms with Crippen LogP contribution in [0.15, 0.2) is 24.3 Å². The van der Waals surface area contributed by atoms with Gasteiger partial charge in [-0.15, -0.1) is 6.58 Å². The summed E-state index contributed by atoms with van der Waals surface area (Å²) in [5.41, 5.74) is -0.236. The molecule has 0 amide bonds. The van der Waals surface area contributed by atoms with Crippen molar-refractivity contribution in [2.45, 2.75) is 25.4 Å². The van der Waals surface area contributed by atoms with Gasteiger partial charge >= 0.3 is 0 Å². The molecule has 1 atom stereocenters. The molecule has 1 rings (SSSR count). The van der Waals surface area contributed by atoms with E-state index in [4.69, 9.17) is 0 Å². The summed E-state index contributed by atoms with van der Waals surface area (Å²) in [5.74, 6) is 0.0369. The molecule has 0 aliphatic heterocycles. The fourth-order valence-electron chi connectivity index (χ4n) is 1.27. The van der Waals surface area contributed by atoms with Gasteiger partial charge in [0, 0.05) is 6.42 Å². The van der Waals surface area contributed by atoms with E-state index in [0.717, 1.165) is 0 Å². The van der Waals surface area contributed by atoms with Crippen LogP contribution in [0.5, 0.6) is 0 Å². The Kier molecular flexibility index (Phi) is 1.96. The fourth-order valence-corrected chi connectivity index (χ4v) is 1.27. The second-order valence-electron chi connectivity index (χ2n) is 3.12. The Balaban J connectivity index is 2.79. The highest BCUT2D eigenvalue weighted by molar-refractivity contribution is 5.99. The van der Waals surface area contributed by atoms with Gasteiger partial charge in [0.25, 0.3) is 0 Å². The van der Waals surface area contributed by atoms with Crippen molar-refractivity contribution in [2.75, 3.05) is 0 Å². The van der Waals surface area contributed by atoms with Crippen molar-refractivity contribution in [2.24, 2.45) is 0 Å². The largest absolute Gasteiger partial charge is 0.386 e. The van der Waals surface area contributed by atoms with E-state index in [-0.39, 0.29) is 12.2 Å². The molecule has 0 aromatic rings. The molecule has 2 heteroatoms. The van der Waals surface area contributed by atoms with Crippen molar-refractivity contribution in [3.8, 4) is 0 Å². The highest BCUT2D eigenvalue weighted by Crippen LogP contribution is 2.26. The Labute approximate surface area is 66.2 Å². The Morgan fingerprint density at radius 2 is 2.55 bits per heavy atom. The Morgan fingerprint density at radius 1 is 1.91 bits per heavy atom. The third kappa shape index (κ3) is 1.77. The third-order valence-corrected chi connectivity index (χ3v) is 1.73. The predicted molar refractivity (Wildman–Crippen MR) is 43.1 cm³/mol. The van der Waals surface area contributed by atoms with E-state index in [2.05, 4.69) is 6.58 Å². The molecule has 0 radical (unpaired) electrons. The smallest absolute Gasteiger partial charge is 0.162 e. The molecular formula is C9H12O2. The van der Waals surface area contributed by atoms with Gasteiger partial charge in [-0.25, -0.2) is 0 Å². The van der Waals surface area contributed by atoms with Crippen LogP contribution in [-0.4, -0.2) is 16.5 Å². The molecule has 0 heterocycles. The van der Waals surface area contributed by atoms with Gasteiger partial charge in [0.1, 0.15) is 0 Å². The van der Waals surface area contributed by atoms with Crippen molar-refractivity contribution in [3.63, 3.8) is 0 Å². The number of aliphatic hydroxyl groups is 1. The molecule has 0 bridgehead atoms. The normalized spacial score (nSPS) is 30.4. The summed E-state index contributed by atoms with van der Waals surface area (Å²) in [6.07, 6.45) is 4.08. The minimum absolute atomic E-state index is 0.0369. The van der Waals surface area contributed by atoms with Crippen LogP contribution in [0.25, 0.3) is 0 Å². The minimum Gasteiger partial charge on any atom is -0.386 e. The number of Topliss-reactive ketones (excluding diaryl/α,β-unsaturated/α-hetero) is 1. The van der Waals surface area contributed by atoms with E-state index in [1.807, 2.05) is 0 Å². The number of hydrogen-bond donors (Lipinski definition) is 1. The predicted octanol–water partition coefficient (Wildman–Crippen LogP) is 1.21. The number of rotatable bonds is 2. The summed E-state index contributed by atoms with van der Waals surface area (Å²) in [6, 6.07) is 0. The van der Waals surface area contributed by atoms with Crippen LogP contribution < -0.4 is 0 Å². The van der Waals surface area contributed by atoms with Crippen LogP contribution in [0.2, 0.25) is 0 Å². The monoisotopic (exact) mass is 152 g/mol. The van der Waals surface area contributed by atoms with Crippen molar-refractivity contribution in [1.29, 1.82) is 0 Å². The van der Waals surface area contributed by atoms with Crippen molar-refractivity contribution in [3.05, 3.63) is 24.3 Å². The second-order valence-corrected chi connectivity index (χ2v) is 3.12. The summed E-state index contributed by atoms with van der Waals surface area (Å²) in [4.78, 5) is 11.1. The average Bonchev–Trinajstić information content (AvgIpc) is 2.07. The zero-order chi connectivity index (χ0) is 8.48. The Morgan fingerprint density at radius 3 is 2.91 bits per heavy atom. The lowest BCUT2D eigenvalue weighted by Crippen LogP contribution is -2.18. The van der Waals surface area contributed by atoms with Crippen LogP contribution in [0.1, 0.15) is 19.8 Å². The number of hydrogen-bond acceptors (Lipinski definition) is 2. The SMILES string of the molecule is C=CCC1=CC(C)(O)CC1=O. The van der Waals surface area contributed by atoms with E-state index < -0.39 is 5.60 Å². The molecule has 0 aromatic carbocycles.